The first kappa shape index (κ1) is 17.0. The Morgan fingerprint density at radius 3 is 2.38 bits per heavy atom. The molecule has 0 heterocycles. The summed E-state index contributed by atoms with van der Waals surface area (Å²) in [6.07, 6.45) is 0.0383. The third kappa shape index (κ3) is 3.96. The molecule has 1 N–H and O–H groups in total. The highest BCUT2D eigenvalue weighted by molar-refractivity contribution is 7.89. The van der Waals surface area contributed by atoms with Crippen molar-refractivity contribution in [3.8, 4) is 12.3 Å². The van der Waals surface area contributed by atoms with Crippen molar-refractivity contribution < 1.29 is 31.5 Å². The Morgan fingerprint density at radius 2 is 1.90 bits per heavy atom. The minimum Gasteiger partial charge on any atom is -0.480 e. The molecule has 9 heteroatoms. The van der Waals surface area contributed by atoms with Crippen LogP contribution in [0.15, 0.2) is 29.2 Å². The van der Waals surface area contributed by atoms with Crippen LogP contribution in [-0.4, -0.2) is 36.9 Å². The Balaban J connectivity index is 3.43. The molecule has 5 nitrogen and oxygen atoms in total. The van der Waals surface area contributed by atoms with Crippen molar-refractivity contribution in [2.24, 2.45) is 0 Å². The second-order valence-corrected chi connectivity index (χ2v) is 5.77. The molecule has 0 aliphatic rings. The smallest absolute Gasteiger partial charge is 0.417 e. The minimum atomic E-state index is -4.89. The fraction of sp³-hybridized carbons (Fsp3) is 0.250. The van der Waals surface area contributed by atoms with E-state index in [2.05, 4.69) is 0 Å². The van der Waals surface area contributed by atoms with Gasteiger partial charge in [0, 0.05) is 0 Å². The number of carboxylic acids is 1. The maximum Gasteiger partial charge on any atom is 0.417 e. The van der Waals surface area contributed by atoms with Gasteiger partial charge in [-0.05, 0) is 12.1 Å². The topological polar surface area (TPSA) is 74.7 Å². The van der Waals surface area contributed by atoms with Gasteiger partial charge in [0.05, 0.1) is 17.0 Å². The van der Waals surface area contributed by atoms with Crippen molar-refractivity contribution in [2.45, 2.75) is 11.1 Å². The van der Waals surface area contributed by atoms with Gasteiger partial charge in [0.2, 0.25) is 10.0 Å². The number of carbonyl (C=O) groups is 1. The second kappa shape index (κ2) is 6.15. The Labute approximate surface area is 119 Å². The largest absolute Gasteiger partial charge is 0.480 e. The summed E-state index contributed by atoms with van der Waals surface area (Å²) in [4.78, 5) is 9.61. The number of aliphatic carboxylic acids is 1. The first-order chi connectivity index (χ1) is 9.60. The van der Waals surface area contributed by atoms with Crippen molar-refractivity contribution in [3.63, 3.8) is 0 Å². The van der Waals surface area contributed by atoms with Crippen LogP contribution in [0.1, 0.15) is 5.56 Å². The number of alkyl halides is 3. The fourth-order valence-corrected chi connectivity index (χ4v) is 3.06. The van der Waals surface area contributed by atoms with Crippen LogP contribution in [0.5, 0.6) is 0 Å². The summed E-state index contributed by atoms with van der Waals surface area (Å²) in [5.41, 5.74) is -1.38. The molecule has 0 bridgehead atoms. The monoisotopic (exact) mass is 321 g/mol. The molecule has 0 atom stereocenters. The normalized spacial score (nSPS) is 12.1. The molecular weight excluding hydrogens is 311 g/mol. The SMILES string of the molecule is C#CCN(CC(=O)O)S(=O)(=O)c1ccccc1C(F)(F)F. The molecule has 0 aromatic heterocycles. The van der Waals surface area contributed by atoms with Gasteiger partial charge in [0.25, 0.3) is 0 Å². The molecule has 1 rings (SSSR count). The first-order valence-electron chi connectivity index (χ1n) is 5.42. The maximum absolute atomic E-state index is 12.9. The predicted molar refractivity (Wildman–Crippen MR) is 66.7 cm³/mol. The summed E-state index contributed by atoms with van der Waals surface area (Å²) < 4.78 is 63.2. The molecule has 0 saturated carbocycles. The van der Waals surface area contributed by atoms with E-state index in [0.717, 1.165) is 18.2 Å². The predicted octanol–water partition coefficient (Wildman–Crippen LogP) is 1.41. The lowest BCUT2D eigenvalue weighted by Crippen LogP contribution is -2.36. The Bertz CT molecular complexity index is 676. The molecule has 0 unspecified atom stereocenters. The van der Waals surface area contributed by atoms with Gasteiger partial charge in [0.15, 0.2) is 0 Å². The van der Waals surface area contributed by atoms with Crippen molar-refractivity contribution in [1.29, 1.82) is 0 Å². The van der Waals surface area contributed by atoms with E-state index in [0.29, 0.717) is 10.4 Å². The first-order valence-corrected chi connectivity index (χ1v) is 6.86. The van der Waals surface area contributed by atoms with Crippen molar-refractivity contribution in [3.05, 3.63) is 29.8 Å². The second-order valence-electron chi connectivity index (χ2n) is 3.86. The van der Waals surface area contributed by atoms with Gasteiger partial charge in [0.1, 0.15) is 6.54 Å². The summed E-state index contributed by atoms with van der Waals surface area (Å²) in [6, 6.07) is 3.49. The van der Waals surface area contributed by atoms with Gasteiger partial charge in [-0.25, -0.2) is 8.42 Å². The summed E-state index contributed by atoms with van der Waals surface area (Å²) in [5.74, 6) is 0.380. The highest BCUT2D eigenvalue weighted by Gasteiger charge is 2.39. The lowest BCUT2D eigenvalue weighted by molar-refractivity contribution is -0.140. The summed E-state index contributed by atoms with van der Waals surface area (Å²) in [7, 11) is -4.68. The molecule has 0 aliphatic carbocycles. The quantitative estimate of drug-likeness (QED) is 0.832. The van der Waals surface area contributed by atoms with E-state index < -0.39 is 45.7 Å². The Morgan fingerprint density at radius 1 is 1.33 bits per heavy atom. The number of terminal acetylenes is 1. The van der Waals surface area contributed by atoms with Crippen molar-refractivity contribution >= 4 is 16.0 Å². The van der Waals surface area contributed by atoms with E-state index in [1.165, 1.54) is 0 Å². The van der Waals surface area contributed by atoms with Crippen LogP contribution in [0.3, 0.4) is 0 Å². The maximum atomic E-state index is 12.9. The fourth-order valence-electron chi connectivity index (χ4n) is 1.54. The van der Waals surface area contributed by atoms with Crippen LogP contribution in [0.2, 0.25) is 0 Å². The summed E-state index contributed by atoms with van der Waals surface area (Å²) in [6.45, 7) is -1.68. The van der Waals surface area contributed by atoms with E-state index in [1.807, 2.05) is 5.92 Å². The van der Waals surface area contributed by atoms with Crippen LogP contribution in [0.25, 0.3) is 0 Å². The van der Waals surface area contributed by atoms with E-state index >= 15 is 0 Å². The lowest BCUT2D eigenvalue weighted by Gasteiger charge is -2.20. The lowest BCUT2D eigenvalue weighted by atomic mass is 10.2. The van der Waals surface area contributed by atoms with Crippen LogP contribution in [0.4, 0.5) is 13.2 Å². The van der Waals surface area contributed by atoms with Crippen LogP contribution in [0, 0.1) is 12.3 Å². The van der Waals surface area contributed by atoms with E-state index in [9.17, 15) is 26.4 Å². The van der Waals surface area contributed by atoms with Gasteiger partial charge in [-0.3, -0.25) is 4.79 Å². The zero-order valence-corrected chi connectivity index (χ0v) is 11.3. The standard InChI is InChI=1S/C12H10F3NO4S/c1-2-7-16(8-11(17)18)21(19,20)10-6-4-3-5-9(10)12(13,14)15/h1,3-6H,7-8H2,(H,17,18). The molecule has 1 aromatic rings. The minimum absolute atomic E-state index is 0.292. The number of hydrogen-bond acceptors (Lipinski definition) is 3. The molecule has 0 spiro atoms. The Hall–Kier alpha value is -2.05. The van der Waals surface area contributed by atoms with E-state index in [1.54, 1.807) is 0 Å². The highest BCUT2D eigenvalue weighted by Crippen LogP contribution is 2.34. The molecular formula is C12H10F3NO4S. The number of hydrogen-bond donors (Lipinski definition) is 1. The zero-order chi connectivity index (χ0) is 16.3. The van der Waals surface area contributed by atoms with E-state index in [-0.39, 0.29) is 0 Å². The van der Waals surface area contributed by atoms with E-state index in [4.69, 9.17) is 11.5 Å². The molecule has 114 valence electrons. The molecule has 0 saturated heterocycles. The Kier molecular flexibility index (Phi) is 4.98. The number of benzene rings is 1. The highest BCUT2D eigenvalue weighted by atomic mass is 32.2. The zero-order valence-electron chi connectivity index (χ0n) is 10.5. The molecule has 0 fully saturated rings. The third-order valence-electron chi connectivity index (χ3n) is 2.39. The molecule has 0 aliphatic heterocycles. The number of sulfonamides is 1. The summed E-state index contributed by atoms with van der Waals surface area (Å²) >= 11 is 0. The average Bonchev–Trinajstić information content (AvgIpc) is 2.36. The number of halogens is 3. The van der Waals surface area contributed by atoms with Crippen molar-refractivity contribution in [1.82, 2.24) is 4.31 Å². The van der Waals surface area contributed by atoms with Crippen molar-refractivity contribution in [2.75, 3.05) is 13.1 Å². The summed E-state index contributed by atoms with van der Waals surface area (Å²) in [5, 5.41) is 8.65. The molecule has 1 aromatic carbocycles. The number of carboxylic acid groups (broad SMARTS) is 1. The van der Waals surface area contributed by atoms with Gasteiger partial charge in [-0.1, -0.05) is 18.1 Å². The molecule has 0 amide bonds. The molecule has 21 heavy (non-hydrogen) atoms. The third-order valence-corrected chi connectivity index (χ3v) is 4.24. The average molecular weight is 321 g/mol. The number of rotatable bonds is 5. The van der Waals surface area contributed by atoms with Gasteiger partial charge >= 0.3 is 12.1 Å². The van der Waals surface area contributed by atoms with Gasteiger partial charge < -0.3 is 5.11 Å². The van der Waals surface area contributed by atoms with Crippen LogP contribution >= 0.6 is 0 Å². The van der Waals surface area contributed by atoms with Crippen LogP contribution in [-0.2, 0) is 21.0 Å². The van der Waals surface area contributed by atoms with Gasteiger partial charge in [-0.2, -0.15) is 17.5 Å². The van der Waals surface area contributed by atoms with Crippen LogP contribution < -0.4 is 0 Å². The number of nitrogens with zero attached hydrogens (tertiary/aromatic N) is 1. The molecule has 0 radical (unpaired) electrons. The van der Waals surface area contributed by atoms with Gasteiger partial charge in [-0.15, -0.1) is 6.42 Å².